The third-order valence-electron chi connectivity index (χ3n) is 3.22. The van der Waals surface area contributed by atoms with Crippen LogP contribution in [0.5, 0.6) is 0 Å². The number of amides is 1. The fraction of sp³-hybridized carbons (Fsp3) is 0.615. The van der Waals surface area contributed by atoms with Crippen LogP contribution in [0.1, 0.15) is 36.1 Å². The maximum atomic E-state index is 12.2. The molecule has 1 aromatic rings. The van der Waals surface area contributed by atoms with Gasteiger partial charge in [-0.3, -0.25) is 4.79 Å². The van der Waals surface area contributed by atoms with E-state index in [-0.39, 0.29) is 5.91 Å². The van der Waals surface area contributed by atoms with Crippen LogP contribution in [0.4, 0.5) is 0 Å². The Morgan fingerprint density at radius 1 is 1.59 bits per heavy atom. The van der Waals surface area contributed by atoms with Crippen molar-refractivity contribution in [1.29, 1.82) is 0 Å². The fourth-order valence-electron chi connectivity index (χ4n) is 2.24. The van der Waals surface area contributed by atoms with Crippen molar-refractivity contribution in [2.75, 3.05) is 19.6 Å². The highest BCUT2D eigenvalue weighted by molar-refractivity contribution is 5.91. The van der Waals surface area contributed by atoms with Gasteiger partial charge >= 0.3 is 0 Å². The van der Waals surface area contributed by atoms with E-state index in [1.807, 2.05) is 24.8 Å². The summed E-state index contributed by atoms with van der Waals surface area (Å²) in [5.41, 5.74) is 0. The lowest BCUT2D eigenvalue weighted by molar-refractivity contribution is 0.0718. The van der Waals surface area contributed by atoms with Crippen LogP contribution in [0.3, 0.4) is 0 Å². The third-order valence-corrected chi connectivity index (χ3v) is 3.22. The van der Waals surface area contributed by atoms with Crippen LogP contribution in [0.15, 0.2) is 16.5 Å². The molecular weight excluding hydrogens is 216 g/mol. The average molecular weight is 236 g/mol. The molecule has 4 heteroatoms. The summed E-state index contributed by atoms with van der Waals surface area (Å²) in [5, 5.41) is 3.41. The highest BCUT2D eigenvalue weighted by Crippen LogP contribution is 2.12. The number of aryl methyl sites for hydroxylation is 1. The van der Waals surface area contributed by atoms with E-state index in [9.17, 15) is 4.79 Å². The van der Waals surface area contributed by atoms with Gasteiger partial charge < -0.3 is 14.6 Å². The zero-order valence-electron chi connectivity index (χ0n) is 10.5. The number of nitrogens with zero attached hydrogens (tertiary/aromatic N) is 1. The Balaban J connectivity index is 1.99. The second-order valence-corrected chi connectivity index (χ2v) is 4.55. The third kappa shape index (κ3) is 2.88. The fourth-order valence-corrected chi connectivity index (χ4v) is 2.24. The summed E-state index contributed by atoms with van der Waals surface area (Å²) in [6.07, 6.45) is 2.36. The van der Waals surface area contributed by atoms with Gasteiger partial charge in [-0.2, -0.15) is 0 Å². The van der Waals surface area contributed by atoms with Crippen LogP contribution in [-0.4, -0.2) is 36.5 Å². The Hall–Kier alpha value is -1.29. The summed E-state index contributed by atoms with van der Waals surface area (Å²) in [6.45, 7) is 6.41. The summed E-state index contributed by atoms with van der Waals surface area (Å²) >= 11 is 0. The number of hydrogen-bond donors (Lipinski definition) is 1. The van der Waals surface area contributed by atoms with Crippen LogP contribution in [0.25, 0.3) is 0 Å². The van der Waals surface area contributed by atoms with E-state index in [1.54, 1.807) is 6.07 Å². The Morgan fingerprint density at radius 2 is 2.41 bits per heavy atom. The molecule has 0 radical (unpaired) electrons. The van der Waals surface area contributed by atoms with Crippen molar-refractivity contribution in [2.45, 2.75) is 32.7 Å². The highest BCUT2D eigenvalue weighted by Gasteiger charge is 2.22. The van der Waals surface area contributed by atoms with Gasteiger partial charge in [0.05, 0.1) is 0 Å². The van der Waals surface area contributed by atoms with Crippen molar-refractivity contribution >= 4 is 5.91 Å². The molecule has 1 atom stereocenters. The van der Waals surface area contributed by atoms with Gasteiger partial charge in [-0.05, 0) is 45.4 Å². The molecule has 1 aliphatic heterocycles. The van der Waals surface area contributed by atoms with Crippen LogP contribution >= 0.6 is 0 Å². The predicted molar refractivity (Wildman–Crippen MR) is 66.0 cm³/mol. The Labute approximate surface area is 102 Å². The molecule has 1 fully saturated rings. The summed E-state index contributed by atoms with van der Waals surface area (Å²) in [4.78, 5) is 14.0. The average Bonchev–Trinajstić information content (AvgIpc) is 2.96. The molecule has 1 N–H and O–H groups in total. The molecule has 0 saturated carbocycles. The number of furan rings is 1. The van der Waals surface area contributed by atoms with Gasteiger partial charge in [0.2, 0.25) is 0 Å². The molecule has 4 nitrogen and oxygen atoms in total. The minimum atomic E-state index is -0.00528. The monoisotopic (exact) mass is 236 g/mol. The standard InChI is InChI=1S/C13H20N2O2/c1-3-15(9-11-5-4-8-14-11)13(16)12-7-6-10(2)17-12/h6-7,11,14H,3-5,8-9H2,1-2H3. The number of rotatable bonds is 4. The van der Waals surface area contributed by atoms with Gasteiger partial charge in [0.25, 0.3) is 5.91 Å². The first-order valence-electron chi connectivity index (χ1n) is 6.29. The second kappa shape index (κ2) is 5.36. The number of nitrogens with one attached hydrogen (secondary N) is 1. The van der Waals surface area contributed by atoms with Crippen LogP contribution < -0.4 is 5.32 Å². The Morgan fingerprint density at radius 3 is 2.94 bits per heavy atom. The van der Waals surface area contributed by atoms with E-state index in [0.29, 0.717) is 11.8 Å². The SMILES string of the molecule is CCN(CC1CCCN1)C(=O)c1ccc(C)o1. The lowest BCUT2D eigenvalue weighted by Crippen LogP contribution is -2.40. The maximum Gasteiger partial charge on any atom is 0.289 e. The van der Waals surface area contributed by atoms with Crippen molar-refractivity contribution in [3.05, 3.63) is 23.7 Å². The van der Waals surface area contributed by atoms with E-state index >= 15 is 0 Å². The quantitative estimate of drug-likeness (QED) is 0.867. The molecule has 94 valence electrons. The Kier molecular flexibility index (Phi) is 3.84. The molecule has 0 aromatic carbocycles. The molecule has 17 heavy (non-hydrogen) atoms. The van der Waals surface area contributed by atoms with Gasteiger partial charge in [-0.1, -0.05) is 0 Å². The van der Waals surface area contributed by atoms with Crippen molar-refractivity contribution in [3.8, 4) is 0 Å². The lowest BCUT2D eigenvalue weighted by atomic mass is 10.2. The molecule has 1 aliphatic rings. The van der Waals surface area contributed by atoms with Crippen LogP contribution in [0.2, 0.25) is 0 Å². The molecule has 0 aliphatic carbocycles. The van der Waals surface area contributed by atoms with Crippen molar-refractivity contribution in [2.24, 2.45) is 0 Å². The predicted octanol–water partition coefficient (Wildman–Crippen LogP) is 1.80. The van der Waals surface area contributed by atoms with Crippen LogP contribution in [0, 0.1) is 6.92 Å². The van der Waals surface area contributed by atoms with Gasteiger partial charge in [-0.15, -0.1) is 0 Å². The molecule has 2 heterocycles. The topological polar surface area (TPSA) is 45.5 Å². The van der Waals surface area contributed by atoms with E-state index < -0.39 is 0 Å². The molecule has 0 bridgehead atoms. The molecule has 2 rings (SSSR count). The Bertz CT molecular complexity index is 381. The van der Waals surface area contributed by atoms with E-state index in [4.69, 9.17) is 4.42 Å². The number of carbonyl (C=O) groups is 1. The number of likely N-dealkylation sites (N-methyl/N-ethyl adjacent to an activating group) is 1. The minimum absolute atomic E-state index is 0.00528. The molecular formula is C13H20N2O2. The smallest absolute Gasteiger partial charge is 0.289 e. The van der Waals surface area contributed by atoms with E-state index in [0.717, 1.165) is 31.8 Å². The molecule has 1 amide bonds. The second-order valence-electron chi connectivity index (χ2n) is 4.55. The molecule has 1 unspecified atom stereocenters. The van der Waals surface area contributed by atoms with Crippen molar-refractivity contribution in [3.63, 3.8) is 0 Å². The molecule has 0 spiro atoms. The summed E-state index contributed by atoms with van der Waals surface area (Å²) < 4.78 is 5.38. The zero-order chi connectivity index (χ0) is 12.3. The van der Waals surface area contributed by atoms with Crippen molar-refractivity contribution in [1.82, 2.24) is 10.2 Å². The first-order chi connectivity index (χ1) is 8.20. The van der Waals surface area contributed by atoms with Gasteiger partial charge in [-0.25, -0.2) is 0 Å². The molecule has 1 aromatic heterocycles. The zero-order valence-corrected chi connectivity index (χ0v) is 10.5. The van der Waals surface area contributed by atoms with Crippen molar-refractivity contribution < 1.29 is 9.21 Å². The first-order valence-corrected chi connectivity index (χ1v) is 6.29. The minimum Gasteiger partial charge on any atom is -0.456 e. The molecule has 1 saturated heterocycles. The summed E-state index contributed by atoms with van der Waals surface area (Å²) in [7, 11) is 0. The number of carbonyl (C=O) groups excluding carboxylic acids is 1. The summed E-state index contributed by atoms with van der Waals surface area (Å²) in [5.74, 6) is 1.22. The van der Waals surface area contributed by atoms with Gasteiger partial charge in [0.15, 0.2) is 5.76 Å². The largest absolute Gasteiger partial charge is 0.456 e. The number of hydrogen-bond acceptors (Lipinski definition) is 3. The van der Waals surface area contributed by atoms with Gasteiger partial charge in [0, 0.05) is 19.1 Å². The summed E-state index contributed by atoms with van der Waals surface area (Å²) in [6, 6.07) is 4.02. The lowest BCUT2D eigenvalue weighted by Gasteiger charge is -2.23. The van der Waals surface area contributed by atoms with E-state index in [2.05, 4.69) is 5.32 Å². The maximum absolute atomic E-state index is 12.2. The van der Waals surface area contributed by atoms with Gasteiger partial charge in [0.1, 0.15) is 5.76 Å². The highest BCUT2D eigenvalue weighted by atomic mass is 16.3. The van der Waals surface area contributed by atoms with E-state index in [1.165, 1.54) is 6.42 Å². The normalized spacial score (nSPS) is 19.5. The first kappa shape index (κ1) is 12.2. The van der Waals surface area contributed by atoms with Crippen LogP contribution in [-0.2, 0) is 0 Å².